The van der Waals surface area contributed by atoms with Crippen molar-refractivity contribution in [2.45, 2.75) is 26.3 Å². The molecule has 96 valence electrons. The number of carbonyl (C=O) groups excluding carboxylic acids is 1. The van der Waals surface area contributed by atoms with Crippen LogP contribution in [0.2, 0.25) is 0 Å². The van der Waals surface area contributed by atoms with Gasteiger partial charge in [0.2, 0.25) is 0 Å². The van der Waals surface area contributed by atoms with Crippen LogP contribution in [-0.4, -0.2) is 24.3 Å². The predicted octanol–water partition coefficient (Wildman–Crippen LogP) is 3.23. The molecule has 1 heterocycles. The summed E-state index contributed by atoms with van der Waals surface area (Å²) in [5.74, 6) is 0.261. The van der Waals surface area contributed by atoms with E-state index in [-0.39, 0.29) is 5.78 Å². The van der Waals surface area contributed by atoms with Crippen LogP contribution in [0.1, 0.15) is 25.3 Å². The molecule has 3 heteroatoms. The molecule has 0 atom stereocenters. The first-order valence-corrected chi connectivity index (χ1v) is 6.30. The molecule has 0 N–H and O–H groups in total. The number of hydrogen-bond acceptors (Lipinski definition) is 3. The van der Waals surface area contributed by atoms with Crippen LogP contribution in [0.25, 0.3) is 11.0 Å². The third-order valence-corrected chi connectivity index (χ3v) is 3.07. The van der Waals surface area contributed by atoms with Crippen molar-refractivity contribution in [2.24, 2.45) is 0 Å². The molecule has 1 aromatic carbocycles. The molecule has 0 bridgehead atoms. The number of benzene rings is 1. The summed E-state index contributed by atoms with van der Waals surface area (Å²) in [6.07, 6.45) is 3.41. The van der Waals surface area contributed by atoms with Crippen LogP contribution in [0.15, 0.2) is 34.9 Å². The second-order valence-electron chi connectivity index (χ2n) is 4.80. The lowest BCUT2D eigenvalue weighted by Gasteiger charge is -2.15. The van der Waals surface area contributed by atoms with E-state index in [0.29, 0.717) is 6.42 Å². The molecule has 18 heavy (non-hydrogen) atoms. The maximum Gasteiger partial charge on any atom is 0.134 e. The molecule has 2 rings (SSSR count). The average molecular weight is 245 g/mol. The minimum Gasteiger partial charge on any atom is -0.464 e. The molecule has 0 fully saturated rings. The van der Waals surface area contributed by atoms with Gasteiger partial charge in [0.1, 0.15) is 11.4 Å². The quantitative estimate of drug-likeness (QED) is 0.783. The van der Waals surface area contributed by atoms with E-state index in [9.17, 15) is 4.79 Å². The zero-order valence-corrected chi connectivity index (χ0v) is 11.0. The number of rotatable bonds is 6. The van der Waals surface area contributed by atoms with Gasteiger partial charge in [-0.3, -0.25) is 0 Å². The van der Waals surface area contributed by atoms with E-state index in [1.165, 1.54) is 10.9 Å². The van der Waals surface area contributed by atoms with Gasteiger partial charge in [0.25, 0.3) is 0 Å². The highest BCUT2D eigenvalue weighted by Crippen LogP contribution is 2.21. The molecular formula is C15H19NO2. The van der Waals surface area contributed by atoms with Crippen molar-refractivity contribution < 1.29 is 9.21 Å². The fraction of sp³-hybridized carbons (Fsp3) is 0.400. The van der Waals surface area contributed by atoms with Crippen molar-refractivity contribution in [3.63, 3.8) is 0 Å². The first-order chi connectivity index (χ1) is 8.66. The van der Waals surface area contributed by atoms with Gasteiger partial charge in [-0.2, -0.15) is 0 Å². The van der Waals surface area contributed by atoms with E-state index in [1.54, 1.807) is 6.92 Å². The topological polar surface area (TPSA) is 33.5 Å². The average Bonchev–Trinajstić information content (AvgIpc) is 2.72. The number of Topliss-reactive ketones (excluding diaryl/α,β-unsaturated/α-hetero) is 1. The summed E-state index contributed by atoms with van der Waals surface area (Å²) < 4.78 is 5.51. The van der Waals surface area contributed by atoms with E-state index >= 15 is 0 Å². The number of hydrogen-bond donors (Lipinski definition) is 0. The van der Waals surface area contributed by atoms with Crippen LogP contribution in [0, 0.1) is 0 Å². The fourth-order valence-corrected chi connectivity index (χ4v) is 2.12. The van der Waals surface area contributed by atoms with Crippen LogP contribution in [0.3, 0.4) is 0 Å². The number of ketones is 1. The van der Waals surface area contributed by atoms with Crippen molar-refractivity contribution >= 4 is 16.8 Å². The van der Waals surface area contributed by atoms with Crippen molar-refractivity contribution in [3.05, 3.63) is 36.1 Å². The van der Waals surface area contributed by atoms with E-state index in [1.807, 2.05) is 24.5 Å². The highest BCUT2D eigenvalue weighted by molar-refractivity contribution is 5.80. The summed E-state index contributed by atoms with van der Waals surface area (Å²) in [6, 6.07) is 8.06. The number of nitrogens with zero attached hydrogens (tertiary/aromatic N) is 1. The van der Waals surface area contributed by atoms with E-state index in [0.717, 1.165) is 25.1 Å². The van der Waals surface area contributed by atoms with E-state index in [4.69, 9.17) is 4.42 Å². The van der Waals surface area contributed by atoms with Gasteiger partial charge in [0.15, 0.2) is 0 Å². The molecule has 0 radical (unpaired) electrons. The van der Waals surface area contributed by atoms with E-state index in [2.05, 4.69) is 18.0 Å². The van der Waals surface area contributed by atoms with Crippen molar-refractivity contribution in [1.82, 2.24) is 4.90 Å². The molecule has 0 unspecified atom stereocenters. The minimum atomic E-state index is 0.261. The Morgan fingerprint density at radius 2 is 2.11 bits per heavy atom. The maximum absolute atomic E-state index is 10.9. The van der Waals surface area contributed by atoms with Crippen molar-refractivity contribution in [1.29, 1.82) is 0 Å². The van der Waals surface area contributed by atoms with E-state index < -0.39 is 0 Å². The first-order valence-electron chi connectivity index (χ1n) is 6.30. The van der Waals surface area contributed by atoms with Gasteiger partial charge >= 0.3 is 0 Å². The zero-order valence-electron chi connectivity index (χ0n) is 11.0. The van der Waals surface area contributed by atoms with Gasteiger partial charge in [0, 0.05) is 23.9 Å². The number of furan rings is 1. The van der Waals surface area contributed by atoms with Gasteiger partial charge in [-0.1, -0.05) is 18.2 Å². The van der Waals surface area contributed by atoms with Crippen LogP contribution in [0.4, 0.5) is 0 Å². The third kappa shape index (κ3) is 3.20. The van der Waals surface area contributed by atoms with Gasteiger partial charge in [0.05, 0.1) is 6.26 Å². The Morgan fingerprint density at radius 1 is 1.33 bits per heavy atom. The summed E-state index contributed by atoms with van der Waals surface area (Å²) >= 11 is 0. The van der Waals surface area contributed by atoms with Crippen molar-refractivity contribution in [3.8, 4) is 0 Å². The molecule has 0 spiro atoms. The monoisotopic (exact) mass is 245 g/mol. The predicted molar refractivity (Wildman–Crippen MR) is 72.5 cm³/mol. The minimum absolute atomic E-state index is 0.261. The molecule has 3 nitrogen and oxygen atoms in total. The molecule has 1 aromatic heterocycles. The Labute approximate surface area is 107 Å². The third-order valence-electron chi connectivity index (χ3n) is 3.07. The molecule has 0 aliphatic heterocycles. The normalized spacial score (nSPS) is 11.3. The fourth-order valence-electron chi connectivity index (χ4n) is 2.12. The second-order valence-corrected chi connectivity index (χ2v) is 4.80. The molecular weight excluding hydrogens is 226 g/mol. The van der Waals surface area contributed by atoms with Crippen LogP contribution in [-0.2, 0) is 11.3 Å². The standard InChI is InChI=1S/C15H19NO2/c1-12(17)6-5-9-16(2)10-13-11-18-15-8-4-3-7-14(13)15/h3-4,7-8,11H,5-6,9-10H2,1-2H3. The summed E-state index contributed by atoms with van der Waals surface area (Å²) in [5, 5.41) is 1.18. The molecule has 0 aliphatic rings. The van der Waals surface area contributed by atoms with Gasteiger partial charge < -0.3 is 14.1 Å². The Balaban J connectivity index is 1.94. The lowest BCUT2D eigenvalue weighted by molar-refractivity contribution is -0.117. The Kier molecular flexibility index (Phi) is 4.15. The summed E-state index contributed by atoms with van der Waals surface area (Å²) in [6.45, 7) is 3.43. The summed E-state index contributed by atoms with van der Waals surface area (Å²) in [4.78, 5) is 13.1. The number of carbonyl (C=O) groups is 1. The SMILES string of the molecule is CC(=O)CCCN(C)Cc1coc2ccccc12. The maximum atomic E-state index is 10.9. The molecule has 0 amide bonds. The largest absolute Gasteiger partial charge is 0.464 e. The Bertz CT molecular complexity index is 530. The first kappa shape index (κ1) is 12.8. The summed E-state index contributed by atoms with van der Waals surface area (Å²) in [7, 11) is 2.07. The zero-order chi connectivity index (χ0) is 13.0. The lowest BCUT2D eigenvalue weighted by Crippen LogP contribution is -2.19. The molecule has 0 aliphatic carbocycles. The Morgan fingerprint density at radius 3 is 2.89 bits per heavy atom. The number of para-hydroxylation sites is 1. The smallest absolute Gasteiger partial charge is 0.134 e. The van der Waals surface area contributed by atoms with Crippen LogP contribution < -0.4 is 0 Å². The molecule has 0 saturated carbocycles. The second kappa shape index (κ2) is 5.83. The van der Waals surface area contributed by atoms with Crippen molar-refractivity contribution in [2.75, 3.05) is 13.6 Å². The van der Waals surface area contributed by atoms with Gasteiger partial charge in [-0.25, -0.2) is 0 Å². The van der Waals surface area contributed by atoms with Gasteiger partial charge in [-0.05, 0) is 33.0 Å². The molecule has 0 saturated heterocycles. The summed E-state index contributed by atoms with van der Waals surface area (Å²) in [5.41, 5.74) is 2.14. The van der Waals surface area contributed by atoms with Crippen LogP contribution >= 0.6 is 0 Å². The number of fused-ring (bicyclic) bond motifs is 1. The Hall–Kier alpha value is -1.61. The van der Waals surface area contributed by atoms with Crippen LogP contribution in [0.5, 0.6) is 0 Å². The highest BCUT2D eigenvalue weighted by Gasteiger charge is 2.07. The molecule has 2 aromatic rings. The highest BCUT2D eigenvalue weighted by atomic mass is 16.3. The van der Waals surface area contributed by atoms with Gasteiger partial charge in [-0.15, -0.1) is 0 Å². The lowest BCUT2D eigenvalue weighted by atomic mass is 10.1.